The molecule has 19 heavy (non-hydrogen) atoms. The molecule has 2 aromatic rings. The fourth-order valence-corrected chi connectivity index (χ4v) is 2.71. The van der Waals surface area contributed by atoms with Gasteiger partial charge in [0.15, 0.2) is 0 Å². The Kier molecular flexibility index (Phi) is 2.90. The third-order valence-corrected chi connectivity index (χ3v) is 3.84. The molecule has 0 atom stereocenters. The Bertz CT molecular complexity index is 722. The van der Waals surface area contributed by atoms with E-state index in [0.29, 0.717) is 11.1 Å². The van der Waals surface area contributed by atoms with Crippen molar-refractivity contribution in [2.24, 2.45) is 0 Å². The second kappa shape index (κ2) is 4.46. The van der Waals surface area contributed by atoms with Gasteiger partial charge in [0.05, 0.1) is 0 Å². The minimum atomic E-state index is -0.428. The molecule has 1 aliphatic rings. The lowest BCUT2D eigenvalue weighted by atomic mass is 9.71. The molecule has 0 aliphatic heterocycles. The summed E-state index contributed by atoms with van der Waals surface area (Å²) in [6.45, 7) is 1.94. The van der Waals surface area contributed by atoms with Crippen LogP contribution in [-0.2, 0) is 0 Å². The molecule has 0 heterocycles. The minimum absolute atomic E-state index is 0.424. The summed E-state index contributed by atoms with van der Waals surface area (Å²) in [5.74, 6) is -0.851. The number of hydrogen-bond acceptors (Lipinski definition) is 2. The Morgan fingerprint density at radius 2 is 1.42 bits per heavy atom. The number of halogens is 1. The highest BCUT2D eigenvalue weighted by atomic mass is 79.9. The van der Waals surface area contributed by atoms with Crippen molar-refractivity contribution in [3.8, 4) is 11.1 Å². The van der Waals surface area contributed by atoms with E-state index < -0.39 is 11.6 Å². The van der Waals surface area contributed by atoms with E-state index in [2.05, 4.69) is 15.9 Å². The normalized spacial score (nSPS) is 12.9. The van der Waals surface area contributed by atoms with E-state index >= 15 is 0 Å². The van der Waals surface area contributed by atoms with Crippen molar-refractivity contribution in [2.45, 2.75) is 6.82 Å². The fraction of sp³-hybridized carbons (Fsp3) is 0.0667. The van der Waals surface area contributed by atoms with Gasteiger partial charge < -0.3 is 0 Å². The van der Waals surface area contributed by atoms with Gasteiger partial charge in [0.1, 0.15) is 7.28 Å². The summed E-state index contributed by atoms with van der Waals surface area (Å²) in [4.78, 5) is 24.2. The molecule has 0 amide bonds. The van der Waals surface area contributed by atoms with Crippen LogP contribution in [0.3, 0.4) is 0 Å². The van der Waals surface area contributed by atoms with Crippen molar-refractivity contribution in [3.05, 3.63) is 52.0 Å². The number of hydrogen-bond donors (Lipinski definition) is 0. The molecule has 0 spiro atoms. The molecule has 0 saturated carbocycles. The topological polar surface area (TPSA) is 34.1 Å². The highest BCUT2D eigenvalue weighted by Crippen LogP contribution is 2.34. The van der Waals surface area contributed by atoms with Gasteiger partial charge in [-0.25, -0.2) is 0 Å². The number of ketones is 2. The van der Waals surface area contributed by atoms with Crippen molar-refractivity contribution < 1.29 is 9.59 Å². The SMILES string of the molecule is C[B]c1ccc2c(c1)-c1cc(Br)ccc1C(=O)C2=O. The number of carbonyl (C=O) groups is 2. The molecule has 0 bridgehead atoms. The van der Waals surface area contributed by atoms with Crippen LogP contribution in [0.1, 0.15) is 20.7 Å². The molecular formula is C15H9BBrO2. The molecule has 1 aliphatic carbocycles. The lowest BCUT2D eigenvalue weighted by Crippen LogP contribution is -2.23. The number of carbonyl (C=O) groups excluding carboxylic acids is 2. The first-order valence-electron chi connectivity index (χ1n) is 5.94. The number of benzene rings is 2. The first kappa shape index (κ1) is 12.4. The second-order valence-electron chi connectivity index (χ2n) is 4.44. The summed E-state index contributed by atoms with van der Waals surface area (Å²) < 4.78 is 0.894. The Morgan fingerprint density at radius 1 is 0.842 bits per heavy atom. The molecule has 0 fully saturated rings. The first-order chi connectivity index (χ1) is 9.11. The van der Waals surface area contributed by atoms with Gasteiger partial charge >= 0.3 is 0 Å². The molecular weight excluding hydrogens is 303 g/mol. The van der Waals surface area contributed by atoms with E-state index in [1.807, 2.05) is 32.3 Å². The average Bonchev–Trinajstić information content (AvgIpc) is 2.44. The van der Waals surface area contributed by atoms with Crippen LogP contribution in [0.25, 0.3) is 11.1 Å². The lowest BCUT2D eigenvalue weighted by molar-refractivity contribution is 0.0815. The van der Waals surface area contributed by atoms with Gasteiger partial charge in [-0.05, 0) is 29.3 Å². The zero-order valence-corrected chi connectivity index (χ0v) is 11.8. The van der Waals surface area contributed by atoms with Gasteiger partial charge in [-0.15, -0.1) is 0 Å². The Morgan fingerprint density at radius 3 is 2.05 bits per heavy atom. The van der Waals surface area contributed by atoms with Crippen LogP contribution < -0.4 is 5.46 Å². The van der Waals surface area contributed by atoms with E-state index in [1.165, 1.54) is 0 Å². The third-order valence-electron chi connectivity index (χ3n) is 3.34. The van der Waals surface area contributed by atoms with Crippen molar-refractivity contribution in [1.82, 2.24) is 0 Å². The van der Waals surface area contributed by atoms with Crippen LogP contribution in [0.2, 0.25) is 6.82 Å². The highest BCUT2D eigenvalue weighted by Gasteiger charge is 2.30. The average molecular weight is 312 g/mol. The molecule has 0 N–H and O–H groups in total. The summed E-state index contributed by atoms with van der Waals surface area (Å²) in [5, 5.41) is 0. The van der Waals surface area contributed by atoms with Gasteiger partial charge in [0.2, 0.25) is 11.6 Å². The fourth-order valence-electron chi connectivity index (χ4n) is 2.34. The molecule has 91 valence electrons. The van der Waals surface area contributed by atoms with Crippen molar-refractivity contribution in [2.75, 3.05) is 0 Å². The van der Waals surface area contributed by atoms with Crippen LogP contribution in [-0.4, -0.2) is 18.8 Å². The third kappa shape index (κ3) is 1.87. The van der Waals surface area contributed by atoms with E-state index in [0.717, 1.165) is 21.1 Å². The maximum atomic E-state index is 12.1. The molecule has 4 heteroatoms. The minimum Gasteiger partial charge on any atom is -0.285 e. The smallest absolute Gasteiger partial charge is 0.234 e. The van der Waals surface area contributed by atoms with Gasteiger partial charge in [-0.3, -0.25) is 9.59 Å². The van der Waals surface area contributed by atoms with Crippen LogP contribution >= 0.6 is 15.9 Å². The standard InChI is InChI=1S/C15H9BBrO2/c1-16-8-2-4-10-12(6-8)13-7-9(17)3-5-11(13)15(19)14(10)18/h2-7H,1H3. The lowest BCUT2D eigenvalue weighted by Gasteiger charge is -2.18. The van der Waals surface area contributed by atoms with Gasteiger partial charge in [-0.1, -0.05) is 46.4 Å². The number of rotatable bonds is 1. The summed E-state index contributed by atoms with van der Waals surface area (Å²) >= 11 is 3.41. The summed E-state index contributed by atoms with van der Waals surface area (Å²) in [6, 6.07) is 10.9. The van der Waals surface area contributed by atoms with E-state index in [9.17, 15) is 9.59 Å². The van der Waals surface area contributed by atoms with Crippen LogP contribution in [0.15, 0.2) is 40.9 Å². The van der Waals surface area contributed by atoms with Gasteiger partial charge in [0, 0.05) is 15.6 Å². The molecule has 2 nitrogen and oxygen atoms in total. The van der Waals surface area contributed by atoms with Crippen molar-refractivity contribution in [3.63, 3.8) is 0 Å². The van der Waals surface area contributed by atoms with E-state index in [4.69, 9.17) is 0 Å². The van der Waals surface area contributed by atoms with Crippen LogP contribution in [0, 0.1) is 0 Å². The molecule has 0 aromatic heterocycles. The zero-order valence-electron chi connectivity index (χ0n) is 10.2. The van der Waals surface area contributed by atoms with Crippen molar-refractivity contribution >= 4 is 40.2 Å². The summed E-state index contributed by atoms with van der Waals surface area (Å²) in [7, 11) is 1.97. The highest BCUT2D eigenvalue weighted by molar-refractivity contribution is 9.10. The maximum Gasteiger partial charge on any atom is 0.234 e. The molecule has 0 saturated heterocycles. The predicted molar refractivity (Wildman–Crippen MR) is 79.5 cm³/mol. The summed E-state index contributed by atoms with van der Waals surface area (Å²) in [5.41, 5.74) is 3.65. The van der Waals surface area contributed by atoms with Gasteiger partial charge in [-0.2, -0.15) is 0 Å². The Hall–Kier alpha value is -1.68. The van der Waals surface area contributed by atoms with Crippen LogP contribution in [0.4, 0.5) is 0 Å². The molecule has 1 radical (unpaired) electrons. The second-order valence-corrected chi connectivity index (χ2v) is 5.36. The monoisotopic (exact) mass is 311 g/mol. The van der Waals surface area contributed by atoms with Crippen LogP contribution in [0.5, 0.6) is 0 Å². The Balaban J connectivity index is 2.35. The van der Waals surface area contributed by atoms with Crippen molar-refractivity contribution in [1.29, 1.82) is 0 Å². The van der Waals surface area contributed by atoms with E-state index in [1.54, 1.807) is 18.2 Å². The molecule has 2 aromatic carbocycles. The molecule has 0 unspecified atom stereocenters. The summed E-state index contributed by atoms with van der Waals surface area (Å²) in [6.07, 6.45) is 0. The zero-order chi connectivity index (χ0) is 13.6. The largest absolute Gasteiger partial charge is 0.285 e. The van der Waals surface area contributed by atoms with Gasteiger partial charge in [0.25, 0.3) is 0 Å². The maximum absolute atomic E-state index is 12.1. The quantitative estimate of drug-likeness (QED) is 0.599. The number of Topliss-reactive ketones (excluding diaryl/α,β-unsaturated/α-hetero) is 2. The van der Waals surface area contributed by atoms with E-state index in [-0.39, 0.29) is 0 Å². The first-order valence-corrected chi connectivity index (χ1v) is 6.73. The number of fused-ring (bicyclic) bond motifs is 3. The predicted octanol–water partition coefficient (Wildman–Crippen LogP) is 2.87. The Labute approximate surface area is 120 Å². The molecule has 3 rings (SSSR count).